The number of amides is 2. The molecule has 3 atom stereocenters. The zero-order chi connectivity index (χ0) is 30.0. The number of aromatic nitrogens is 2. The Hall–Kier alpha value is -4.00. The Labute approximate surface area is 237 Å². The van der Waals surface area contributed by atoms with Gasteiger partial charge in [0.25, 0.3) is 5.91 Å². The van der Waals surface area contributed by atoms with E-state index in [1.165, 1.54) is 24.4 Å². The van der Waals surface area contributed by atoms with Crippen molar-refractivity contribution < 1.29 is 33.4 Å². The first-order valence-electron chi connectivity index (χ1n) is 13.2. The van der Waals surface area contributed by atoms with Gasteiger partial charge in [0.15, 0.2) is 0 Å². The van der Waals surface area contributed by atoms with Gasteiger partial charge in [0.2, 0.25) is 12.2 Å². The zero-order valence-corrected chi connectivity index (χ0v) is 23.1. The van der Waals surface area contributed by atoms with Crippen molar-refractivity contribution in [1.82, 2.24) is 15.3 Å². The third-order valence-electron chi connectivity index (χ3n) is 6.34. The van der Waals surface area contributed by atoms with E-state index >= 15 is 0 Å². The molecule has 0 aliphatic carbocycles. The van der Waals surface area contributed by atoms with Crippen molar-refractivity contribution in [3.63, 3.8) is 0 Å². The molecule has 0 saturated carbocycles. The zero-order valence-electron chi connectivity index (χ0n) is 23.1. The molecule has 0 spiro atoms. The predicted octanol–water partition coefficient (Wildman–Crippen LogP) is 2.00. The van der Waals surface area contributed by atoms with Gasteiger partial charge in [-0.25, -0.2) is 9.37 Å². The van der Waals surface area contributed by atoms with Gasteiger partial charge in [0, 0.05) is 5.92 Å². The summed E-state index contributed by atoms with van der Waals surface area (Å²) in [4.78, 5) is 46.1. The number of benzene rings is 2. The number of hydrogen-bond donors (Lipinski definition) is 4. The van der Waals surface area contributed by atoms with Crippen LogP contribution in [0.1, 0.15) is 49.2 Å². The molecule has 0 bridgehead atoms. The molecule has 220 valence electrons. The van der Waals surface area contributed by atoms with Crippen molar-refractivity contribution in [3.8, 4) is 0 Å². The molecule has 6 N–H and O–H groups in total. The highest BCUT2D eigenvalue weighted by Gasteiger charge is 2.30. The summed E-state index contributed by atoms with van der Waals surface area (Å²) in [5, 5.41) is 12.8. The lowest BCUT2D eigenvalue weighted by molar-refractivity contribution is -0.184. The number of primary amides is 1. The molecule has 3 rings (SSSR count). The first-order chi connectivity index (χ1) is 19.4. The van der Waals surface area contributed by atoms with Crippen LogP contribution in [0.25, 0.3) is 11.0 Å². The summed E-state index contributed by atoms with van der Waals surface area (Å²) in [5.74, 6) is -3.08. The minimum absolute atomic E-state index is 0.0113. The van der Waals surface area contributed by atoms with Crippen LogP contribution >= 0.6 is 0 Å². The normalized spacial score (nSPS) is 13.8. The molecule has 1 aromatic heterocycles. The maximum atomic E-state index is 14.0. The minimum atomic E-state index is -1.35. The summed E-state index contributed by atoms with van der Waals surface area (Å²) >= 11 is 0. The molecule has 2 aromatic carbocycles. The van der Waals surface area contributed by atoms with Crippen molar-refractivity contribution in [2.24, 2.45) is 17.4 Å². The highest BCUT2D eigenvalue weighted by molar-refractivity contribution is 5.94. The van der Waals surface area contributed by atoms with Gasteiger partial charge in [0.05, 0.1) is 42.0 Å². The molecule has 0 radical (unpaired) electrons. The first-order valence-corrected chi connectivity index (χ1v) is 13.2. The van der Waals surface area contributed by atoms with Gasteiger partial charge in [-0.1, -0.05) is 24.3 Å². The number of nitrogens with two attached hydrogens (primary N) is 2. The smallest absolute Gasteiger partial charge is 0.322 e. The lowest BCUT2D eigenvalue weighted by Crippen LogP contribution is -2.49. The Bertz CT molecular complexity index is 1350. The first kappa shape index (κ1) is 31.5. The fourth-order valence-corrected chi connectivity index (χ4v) is 4.13. The number of para-hydroxylation sites is 2. The highest BCUT2D eigenvalue weighted by Crippen LogP contribution is 2.20. The van der Waals surface area contributed by atoms with Gasteiger partial charge in [-0.15, -0.1) is 0 Å². The molecule has 2 amide bonds. The maximum Gasteiger partial charge on any atom is 0.322 e. The van der Waals surface area contributed by atoms with Crippen LogP contribution in [0.15, 0.2) is 54.7 Å². The highest BCUT2D eigenvalue weighted by atomic mass is 19.1. The summed E-state index contributed by atoms with van der Waals surface area (Å²) in [6, 6.07) is 11.8. The van der Waals surface area contributed by atoms with E-state index in [0.29, 0.717) is 29.4 Å². The van der Waals surface area contributed by atoms with Crippen LogP contribution in [0.3, 0.4) is 0 Å². The van der Waals surface area contributed by atoms with Crippen molar-refractivity contribution in [2.75, 3.05) is 13.2 Å². The van der Waals surface area contributed by atoms with Crippen molar-refractivity contribution in [1.29, 1.82) is 0 Å². The lowest BCUT2D eigenvalue weighted by atomic mass is 9.92. The molecular weight excluding hydrogens is 533 g/mol. The van der Waals surface area contributed by atoms with Gasteiger partial charge in [-0.2, -0.15) is 0 Å². The number of nitrogens with one attached hydrogen (secondary N) is 1. The number of carbonyl (C=O) groups is 3. The van der Waals surface area contributed by atoms with Gasteiger partial charge in [0.1, 0.15) is 11.5 Å². The number of rotatable bonds is 15. The van der Waals surface area contributed by atoms with Crippen molar-refractivity contribution in [3.05, 3.63) is 71.8 Å². The molecule has 1 heterocycles. The number of halogens is 1. The second-order valence-corrected chi connectivity index (χ2v) is 10.3. The van der Waals surface area contributed by atoms with E-state index in [9.17, 15) is 23.9 Å². The van der Waals surface area contributed by atoms with E-state index in [0.717, 1.165) is 0 Å². The van der Waals surface area contributed by atoms with Crippen LogP contribution < -0.4 is 16.8 Å². The van der Waals surface area contributed by atoms with Crippen LogP contribution in [-0.4, -0.2) is 63.9 Å². The molecular formula is C29H36FN5O6. The van der Waals surface area contributed by atoms with Crippen LogP contribution in [0.2, 0.25) is 0 Å². The van der Waals surface area contributed by atoms with Crippen LogP contribution in [-0.2, 0) is 25.5 Å². The number of nitrogens with zero attached hydrogens (tertiary/aromatic N) is 2. The summed E-state index contributed by atoms with van der Waals surface area (Å²) in [5.41, 5.74) is 11.6. The topological polar surface area (TPSA) is 180 Å². The molecule has 0 saturated heterocycles. The van der Waals surface area contributed by atoms with E-state index in [4.69, 9.17) is 20.9 Å². The lowest BCUT2D eigenvalue weighted by Gasteiger charge is -2.28. The second-order valence-electron chi connectivity index (χ2n) is 10.3. The van der Waals surface area contributed by atoms with E-state index < -0.39 is 54.0 Å². The molecule has 0 aliphatic rings. The Morgan fingerprint density at radius 2 is 1.83 bits per heavy atom. The molecule has 12 heteroatoms. The van der Waals surface area contributed by atoms with Gasteiger partial charge >= 0.3 is 5.97 Å². The monoisotopic (exact) mass is 569 g/mol. The molecule has 0 fully saturated rings. The third-order valence-corrected chi connectivity index (χ3v) is 6.34. The SMILES string of the molecule is CC(C)(O)CC[C@H](CCO[C@@H](OC(=O)CN)[C@H](Cc1cccc(F)c1)NC(=O)c1cnc2ccccc2n1)C(N)=O. The average Bonchev–Trinajstić information content (AvgIpc) is 2.92. The van der Waals surface area contributed by atoms with Gasteiger partial charge in [-0.05, 0) is 69.4 Å². The quantitative estimate of drug-likeness (QED) is 0.157. The Balaban J connectivity index is 1.84. The Morgan fingerprint density at radius 1 is 1.10 bits per heavy atom. The second kappa shape index (κ2) is 14.6. The van der Waals surface area contributed by atoms with E-state index in [2.05, 4.69) is 15.3 Å². The van der Waals surface area contributed by atoms with Crippen LogP contribution in [0.4, 0.5) is 4.39 Å². The summed E-state index contributed by atoms with van der Waals surface area (Å²) < 4.78 is 25.3. The standard InChI is InChI=1S/C29H36FN5O6/c1-29(2,39)12-10-19(26(32)37)11-13-40-28(41-25(36)16-31)23(15-18-6-5-7-20(30)14-18)35-27(38)24-17-33-21-8-3-4-9-22(21)34-24/h3-9,14,17,19,23,28,39H,10-13,15-16,31H2,1-2H3,(H2,32,37)(H,35,38)/t19-,23+,28+/m1/s1. The number of esters is 1. The molecule has 11 nitrogen and oxygen atoms in total. The van der Waals surface area contributed by atoms with E-state index in [1.807, 2.05) is 0 Å². The Morgan fingerprint density at radius 3 is 2.49 bits per heavy atom. The minimum Gasteiger partial charge on any atom is -0.432 e. The predicted molar refractivity (Wildman–Crippen MR) is 149 cm³/mol. The van der Waals surface area contributed by atoms with Crippen LogP contribution in [0.5, 0.6) is 0 Å². The number of fused-ring (bicyclic) bond motifs is 1. The molecule has 0 aliphatic heterocycles. The van der Waals surface area contributed by atoms with Gasteiger partial charge < -0.3 is 31.4 Å². The van der Waals surface area contributed by atoms with E-state index in [-0.39, 0.29) is 25.1 Å². The van der Waals surface area contributed by atoms with Crippen molar-refractivity contribution in [2.45, 2.75) is 57.5 Å². The largest absolute Gasteiger partial charge is 0.432 e. The Kier molecular flexibility index (Phi) is 11.2. The molecule has 0 unspecified atom stereocenters. The fraction of sp³-hybridized carbons (Fsp3) is 0.414. The summed E-state index contributed by atoms with van der Waals surface area (Å²) in [6.45, 7) is 2.73. The molecule has 3 aromatic rings. The summed E-state index contributed by atoms with van der Waals surface area (Å²) in [7, 11) is 0. The summed E-state index contributed by atoms with van der Waals surface area (Å²) in [6.07, 6.45) is 0.800. The fourth-order valence-electron chi connectivity index (χ4n) is 4.13. The van der Waals surface area contributed by atoms with E-state index in [1.54, 1.807) is 44.2 Å². The average molecular weight is 570 g/mol. The van der Waals surface area contributed by atoms with Crippen molar-refractivity contribution >= 4 is 28.8 Å². The maximum absolute atomic E-state index is 14.0. The number of ether oxygens (including phenoxy) is 2. The van der Waals surface area contributed by atoms with Crippen LogP contribution in [0, 0.1) is 11.7 Å². The number of carbonyl (C=O) groups excluding carboxylic acids is 3. The number of aliphatic hydroxyl groups is 1. The number of hydrogen-bond acceptors (Lipinski definition) is 9. The van der Waals surface area contributed by atoms with Gasteiger partial charge in [-0.3, -0.25) is 19.4 Å². The third kappa shape index (κ3) is 10.2. The molecule has 41 heavy (non-hydrogen) atoms.